The normalized spacial score (nSPS) is 12.6. The van der Waals surface area contributed by atoms with Gasteiger partial charge < -0.3 is 21.3 Å². The Kier molecular flexibility index (Phi) is 37.4. The molecule has 0 rings (SSSR count). The second kappa shape index (κ2) is 38.0. The summed E-state index contributed by atoms with van der Waals surface area (Å²) in [4.78, 5) is 28.5. The summed E-state index contributed by atoms with van der Waals surface area (Å²) >= 11 is 0. The fourth-order valence-corrected chi connectivity index (χ4v) is 9.22. The van der Waals surface area contributed by atoms with E-state index in [1.165, 1.54) is 167 Å². The van der Waals surface area contributed by atoms with Gasteiger partial charge in [-0.1, -0.05) is 216 Å². The minimum Gasteiger partial charge on any atom is -0.351 e. The molecule has 0 heterocycles. The van der Waals surface area contributed by atoms with Gasteiger partial charge in [-0.05, 0) is 25.7 Å². The first-order chi connectivity index (χ1) is 24.4. The van der Waals surface area contributed by atoms with E-state index in [1.807, 2.05) is 9.80 Å². The lowest BCUT2D eigenvalue weighted by Crippen LogP contribution is -2.45. The molecule has 0 aromatic rings. The highest BCUT2D eigenvalue weighted by molar-refractivity contribution is 8.76. The molecule has 4 amide bonds. The minimum atomic E-state index is -0.295. The summed E-state index contributed by atoms with van der Waals surface area (Å²) in [6, 6.07) is -0.134. The summed E-state index contributed by atoms with van der Waals surface area (Å²) in [6.07, 6.45) is 39.2. The van der Waals surface area contributed by atoms with Crippen molar-refractivity contribution in [3.05, 3.63) is 0 Å². The molecule has 0 bridgehead atoms. The third-order valence-electron chi connectivity index (χ3n) is 10.6. The molecule has 0 aliphatic carbocycles. The quantitative estimate of drug-likeness (QED) is 0.0484. The molecular weight excluding hydrogens is 657 g/mol. The van der Waals surface area contributed by atoms with E-state index in [0.29, 0.717) is 13.1 Å². The number of nitrogens with two attached hydrogens (primary N) is 2. The van der Waals surface area contributed by atoms with E-state index in [4.69, 9.17) is 11.5 Å². The molecule has 6 nitrogen and oxygen atoms in total. The molecule has 0 aromatic heterocycles. The Morgan fingerprint density at radius 2 is 0.660 bits per heavy atom. The lowest BCUT2D eigenvalue weighted by atomic mass is 10.0. The number of carbonyl (C=O) groups excluding carboxylic acids is 2. The van der Waals surface area contributed by atoms with Crippen molar-refractivity contribution >= 4 is 33.7 Å². The van der Waals surface area contributed by atoms with Gasteiger partial charge in [-0.2, -0.15) is 0 Å². The van der Waals surface area contributed by atoms with Crippen LogP contribution >= 0.6 is 21.6 Å². The van der Waals surface area contributed by atoms with Crippen molar-refractivity contribution in [2.75, 3.05) is 24.6 Å². The second-order valence-corrected chi connectivity index (χ2v) is 17.6. The molecule has 2 unspecified atom stereocenters. The smallest absolute Gasteiger partial charge is 0.315 e. The highest BCUT2D eigenvalue weighted by Gasteiger charge is 2.21. The molecule has 0 radical (unpaired) electrons. The van der Waals surface area contributed by atoms with Crippen LogP contribution in [0.25, 0.3) is 0 Å². The Labute approximate surface area is 320 Å². The maximum atomic E-state index is 12.3. The topological polar surface area (TPSA) is 92.7 Å². The summed E-state index contributed by atoms with van der Waals surface area (Å²) in [6.45, 7) is 10.3. The molecular formula is C42H86N4O2S2. The Balaban J connectivity index is 4.11. The zero-order valence-corrected chi connectivity index (χ0v) is 35.5. The van der Waals surface area contributed by atoms with Crippen molar-refractivity contribution in [3.63, 3.8) is 0 Å². The van der Waals surface area contributed by atoms with Gasteiger partial charge in [0.1, 0.15) is 0 Å². The molecule has 0 spiro atoms. The third kappa shape index (κ3) is 29.8. The number of nitrogens with zero attached hydrogens (tertiary/aromatic N) is 2. The molecule has 0 saturated carbocycles. The first kappa shape index (κ1) is 49.2. The largest absolute Gasteiger partial charge is 0.351 e. The van der Waals surface area contributed by atoms with Crippen molar-refractivity contribution in [2.24, 2.45) is 11.5 Å². The van der Waals surface area contributed by atoms with Gasteiger partial charge in [0.25, 0.3) is 0 Å². The van der Waals surface area contributed by atoms with Crippen LogP contribution in [-0.4, -0.2) is 58.5 Å². The van der Waals surface area contributed by atoms with E-state index in [2.05, 4.69) is 27.7 Å². The Bertz CT molecular complexity index is 685. The second-order valence-electron chi connectivity index (χ2n) is 14.9. The maximum Gasteiger partial charge on any atom is 0.315 e. The summed E-state index contributed by atoms with van der Waals surface area (Å²) in [7, 11) is 3.55. The van der Waals surface area contributed by atoms with Crippen LogP contribution in [0.4, 0.5) is 9.59 Å². The van der Waals surface area contributed by atoms with Gasteiger partial charge in [0.15, 0.2) is 0 Å². The van der Waals surface area contributed by atoms with Crippen molar-refractivity contribution in [3.8, 4) is 0 Å². The number of primary amides is 2. The van der Waals surface area contributed by atoms with Crippen LogP contribution in [0.5, 0.6) is 0 Å². The minimum absolute atomic E-state index is 0.228. The van der Waals surface area contributed by atoms with Gasteiger partial charge in [-0.15, -0.1) is 0 Å². The van der Waals surface area contributed by atoms with Gasteiger partial charge in [0.05, 0.1) is 0 Å². The predicted octanol–water partition coefficient (Wildman–Crippen LogP) is 13.6. The average Bonchev–Trinajstić information content (AvgIpc) is 3.10. The van der Waals surface area contributed by atoms with Crippen molar-refractivity contribution in [1.82, 2.24) is 9.80 Å². The molecule has 2 atom stereocenters. The van der Waals surface area contributed by atoms with E-state index < -0.39 is 0 Å². The maximum absolute atomic E-state index is 12.3. The van der Waals surface area contributed by atoms with Gasteiger partial charge >= 0.3 is 12.1 Å². The van der Waals surface area contributed by atoms with Gasteiger partial charge in [-0.3, -0.25) is 0 Å². The summed E-state index contributed by atoms with van der Waals surface area (Å²) in [5.74, 6) is 1.69. The molecule has 0 aliphatic rings. The summed E-state index contributed by atoms with van der Waals surface area (Å²) in [5, 5.41) is 0. The van der Waals surface area contributed by atoms with Crippen LogP contribution < -0.4 is 11.5 Å². The van der Waals surface area contributed by atoms with Crippen LogP contribution in [0.1, 0.15) is 220 Å². The predicted molar refractivity (Wildman–Crippen MR) is 226 cm³/mol. The van der Waals surface area contributed by atoms with Crippen molar-refractivity contribution in [1.29, 1.82) is 0 Å². The van der Waals surface area contributed by atoms with E-state index in [1.54, 1.807) is 21.6 Å². The monoisotopic (exact) mass is 743 g/mol. The van der Waals surface area contributed by atoms with Crippen LogP contribution in [0, 0.1) is 0 Å². The van der Waals surface area contributed by atoms with Crippen LogP contribution in [0.15, 0.2) is 0 Å². The Morgan fingerprint density at radius 1 is 0.420 bits per heavy atom. The standard InChI is InChI=1S/C42H86N4O2S2/c1-5-9-11-13-15-17-19-21-23-25-27-29-31-33-39(7-3)45(41(43)47)35-37-49-50-38-36-46(42(44)48)40(8-4)34-32-30-28-26-24-22-20-18-16-14-12-10-6-2/h39-40H,5-38H2,1-4H3,(H2,43,47)(H2,44,48). The van der Waals surface area contributed by atoms with Crippen LogP contribution in [0.2, 0.25) is 0 Å². The number of rotatable bonds is 39. The zero-order chi connectivity index (χ0) is 36.9. The first-order valence-corrected chi connectivity index (χ1v) is 24.3. The molecule has 0 aliphatic heterocycles. The van der Waals surface area contributed by atoms with E-state index in [-0.39, 0.29) is 24.1 Å². The fourth-order valence-electron chi connectivity index (χ4n) is 7.29. The van der Waals surface area contributed by atoms with Gasteiger partial charge in [0, 0.05) is 36.7 Å². The molecule has 0 aromatic carbocycles. The molecule has 8 heteroatoms. The van der Waals surface area contributed by atoms with E-state index >= 15 is 0 Å². The SMILES string of the molecule is CCCCCCCCCCCCCCCC(CC)N(CCSSCCN(C(N)=O)C(CC)CCCCCCCCCCCCCCC)C(N)=O. The molecule has 298 valence electrons. The van der Waals surface area contributed by atoms with Gasteiger partial charge in [0.2, 0.25) is 0 Å². The Hall–Kier alpha value is -0.760. The number of amides is 4. The highest BCUT2D eigenvalue weighted by Crippen LogP contribution is 2.24. The van der Waals surface area contributed by atoms with Crippen LogP contribution in [0.3, 0.4) is 0 Å². The highest BCUT2D eigenvalue weighted by atomic mass is 33.1. The summed E-state index contributed by atoms with van der Waals surface area (Å²) in [5.41, 5.74) is 11.7. The third-order valence-corrected chi connectivity index (χ3v) is 13.0. The number of unbranched alkanes of at least 4 members (excludes halogenated alkanes) is 24. The molecule has 0 saturated heterocycles. The summed E-state index contributed by atoms with van der Waals surface area (Å²) < 4.78 is 0. The molecule has 0 fully saturated rings. The number of hydrogen-bond donors (Lipinski definition) is 2. The zero-order valence-electron chi connectivity index (χ0n) is 33.9. The van der Waals surface area contributed by atoms with E-state index in [9.17, 15) is 9.59 Å². The van der Waals surface area contributed by atoms with Crippen molar-refractivity contribution < 1.29 is 9.59 Å². The van der Waals surface area contributed by atoms with Crippen LogP contribution in [-0.2, 0) is 0 Å². The average molecular weight is 743 g/mol. The first-order valence-electron chi connectivity index (χ1n) is 21.8. The Morgan fingerprint density at radius 3 is 0.880 bits per heavy atom. The van der Waals surface area contributed by atoms with Crippen molar-refractivity contribution in [2.45, 2.75) is 232 Å². The lowest BCUT2D eigenvalue weighted by molar-refractivity contribution is 0.179. The fraction of sp³-hybridized carbons (Fsp3) is 0.952. The number of hydrogen-bond acceptors (Lipinski definition) is 4. The molecule has 50 heavy (non-hydrogen) atoms. The van der Waals surface area contributed by atoms with Gasteiger partial charge in [-0.25, -0.2) is 9.59 Å². The molecule has 4 N–H and O–H groups in total. The number of urea groups is 2. The lowest BCUT2D eigenvalue weighted by Gasteiger charge is -2.30. The number of carbonyl (C=O) groups is 2. The van der Waals surface area contributed by atoms with E-state index in [0.717, 1.165) is 37.2 Å².